The molecular formula is C36H57NO5. The van der Waals surface area contributed by atoms with Crippen LogP contribution in [0.4, 0.5) is 0 Å². The molecule has 5 rings (SSSR count). The molecule has 0 amide bonds. The van der Waals surface area contributed by atoms with Gasteiger partial charge in [-0.3, -0.25) is 14.4 Å². The molecule has 0 saturated heterocycles. The van der Waals surface area contributed by atoms with Crippen molar-refractivity contribution in [2.45, 2.75) is 113 Å². The summed E-state index contributed by atoms with van der Waals surface area (Å²) in [6.45, 7) is 18.8. The highest BCUT2D eigenvalue weighted by Gasteiger charge is 2.72. The van der Waals surface area contributed by atoms with Crippen LogP contribution in [0.25, 0.3) is 0 Å². The Bertz CT molecular complexity index is 1160. The lowest BCUT2D eigenvalue weighted by atomic mass is 9.33. The van der Waals surface area contributed by atoms with Crippen molar-refractivity contribution in [3.05, 3.63) is 11.6 Å². The number of allylic oxidation sites excluding steroid dienone is 2. The van der Waals surface area contributed by atoms with Crippen LogP contribution in [-0.2, 0) is 23.9 Å². The number of hydrogen-bond acceptors (Lipinski definition) is 6. The molecule has 0 aromatic carbocycles. The van der Waals surface area contributed by atoms with Gasteiger partial charge in [0.2, 0.25) is 0 Å². The molecule has 236 valence electrons. The van der Waals surface area contributed by atoms with Crippen molar-refractivity contribution in [2.75, 3.05) is 27.2 Å². The summed E-state index contributed by atoms with van der Waals surface area (Å²) in [7, 11) is 3.91. The van der Waals surface area contributed by atoms with Crippen LogP contribution in [0.3, 0.4) is 0 Å². The van der Waals surface area contributed by atoms with Gasteiger partial charge in [-0.25, -0.2) is 0 Å². The Hall–Kier alpha value is -1.69. The van der Waals surface area contributed by atoms with E-state index in [0.29, 0.717) is 37.3 Å². The Morgan fingerprint density at radius 1 is 0.952 bits per heavy atom. The number of likely N-dealkylation sites (N-methyl/N-ethyl adjacent to an activating group) is 1. The molecule has 6 nitrogen and oxygen atoms in total. The maximum Gasteiger partial charge on any atom is 0.315 e. The van der Waals surface area contributed by atoms with Crippen LogP contribution in [0.5, 0.6) is 0 Å². The van der Waals surface area contributed by atoms with Crippen LogP contribution >= 0.6 is 0 Å². The van der Waals surface area contributed by atoms with Gasteiger partial charge in [0.25, 0.3) is 0 Å². The molecule has 0 radical (unpaired) electrons. The van der Waals surface area contributed by atoms with Gasteiger partial charge in [0.1, 0.15) is 18.1 Å². The van der Waals surface area contributed by atoms with E-state index in [-0.39, 0.29) is 45.8 Å². The van der Waals surface area contributed by atoms with Crippen LogP contribution in [0, 0.1) is 56.7 Å². The Balaban J connectivity index is 1.57. The van der Waals surface area contributed by atoms with E-state index in [2.05, 4.69) is 47.6 Å². The largest absolute Gasteiger partial charge is 0.464 e. The summed E-state index contributed by atoms with van der Waals surface area (Å²) in [4.78, 5) is 42.9. The zero-order valence-corrected chi connectivity index (χ0v) is 28.1. The quantitative estimate of drug-likeness (QED) is 0.329. The number of ether oxygens (including phenoxy) is 2. The van der Waals surface area contributed by atoms with Crippen molar-refractivity contribution >= 4 is 17.7 Å². The third-order valence-corrected chi connectivity index (χ3v) is 14.3. The molecule has 5 aliphatic carbocycles. The molecule has 42 heavy (non-hydrogen) atoms. The first kappa shape index (κ1) is 31.7. The molecule has 0 N–H and O–H groups in total. The SMILES string of the molecule is CC(=O)O[C@@H]1CC[C@@]2(C)C(CC[C@]3(C)C2C(=O)C=C2C4[C@@H](C)[C@H](C)CC[C@]4(C)CC[C@]23C)[C@@]1(C)C(=O)OCCN(C)C. The number of rotatable bonds is 5. The maximum atomic E-state index is 14.7. The minimum atomic E-state index is -1.00. The Kier molecular flexibility index (Phi) is 7.89. The number of ketones is 1. The second kappa shape index (κ2) is 10.4. The van der Waals surface area contributed by atoms with E-state index < -0.39 is 16.9 Å². The first-order valence-electron chi connectivity index (χ1n) is 16.7. The topological polar surface area (TPSA) is 72.9 Å². The molecular weight excluding hydrogens is 526 g/mol. The second-order valence-corrected chi connectivity index (χ2v) is 16.6. The van der Waals surface area contributed by atoms with E-state index in [1.165, 1.54) is 31.8 Å². The standard InChI is InChI=1S/C36H57NO5/c1-22-11-14-32(4)17-18-34(6)25(29(32)23(22)2)21-26(39)30-33(5)15-13-28(42-24(3)38)36(8,27(33)12-16-35(30,34)7)31(40)41-20-19-37(9)10/h21-23,27-30H,11-20H2,1-10H3/t22-,23+,27?,28-,29?,30?,32-,33+,34-,35-,36-/m1/s1. The van der Waals surface area contributed by atoms with Gasteiger partial charge in [0, 0.05) is 19.4 Å². The summed E-state index contributed by atoms with van der Waals surface area (Å²) in [5.41, 5.74) is 0.0537. The van der Waals surface area contributed by atoms with Crippen LogP contribution in [0.15, 0.2) is 11.6 Å². The van der Waals surface area contributed by atoms with Gasteiger partial charge in [0.15, 0.2) is 5.78 Å². The number of hydrogen-bond donors (Lipinski definition) is 0. The minimum absolute atomic E-state index is 0.0512. The van der Waals surface area contributed by atoms with Gasteiger partial charge in [-0.2, -0.15) is 0 Å². The van der Waals surface area contributed by atoms with E-state index in [9.17, 15) is 14.4 Å². The van der Waals surface area contributed by atoms with Gasteiger partial charge in [-0.05, 0) is 124 Å². The summed E-state index contributed by atoms with van der Waals surface area (Å²) in [6, 6.07) is 0. The molecule has 0 heterocycles. The monoisotopic (exact) mass is 583 g/mol. The van der Waals surface area contributed by atoms with Crippen molar-refractivity contribution in [3.63, 3.8) is 0 Å². The number of fused-ring (bicyclic) bond motifs is 7. The molecule has 11 atom stereocenters. The normalized spacial score (nSPS) is 48.3. The predicted molar refractivity (Wildman–Crippen MR) is 164 cm³/mol. The molecule has 0 aliphatic heterocycles. The smallest absolute Gasteiger partial charge is 0.315 e. The van der Waals surface area contributed by atoms with Crippen LogP contribution in [0.1, 0.15) is 107 Å². The molecule has 0 aromatic heterocycles. The molecule has 0 aromatic rings. The van der Waals surface area contributed by atoms with Crippen LogP contribution in [-0.4, -0.2) is 56.0 Å². The van der Waals surface area contributed by atoms with Gasteiger partial charge in [0.05, 0.1) is 0 Å². The third kappa shape index (κ3) is 4.38. The zero-order valence-electron chi connectivity index (χ0n) is 28.1. The lowest BCUT2D eigenvalue weighted by Crippen LogP contribution is -2.68. The molecule has 0 bridgehead atoms. The van der Waals surface area contributed by atoms with E-state index in [4.69, 9.17) is 9.47 Å². The minimum Gasteiger partial charge on any atom is -0.464 e. The Morgan fingerprint density at radius 3 is 2.29 bits per heavy atom. The van der Waals surface area contributed by atoms with Gasteiger partial charge in [-0.1, -0.05) is 47.1 Å². The highest BCUT2D eigenvalue weighted by atomic mass is 16.6. The fourth-order valence-corrected chi connectivity index (χ4v) is 11.5. The fraction of sp³-hybridized carbons (Fsp3) is 0.861. The van der Waals surface area contributed by atoms with Crippen LogP contribution < -0.4 is 0 Å². The second-order valence-electron chi connectivity index (χ2n) is 16.6. The molecule has 0 spiro atoms. The molecule has 5 aliphatic rings. The van der Waals surface area contributed by atoms with E-state index in [1.54, 1.807) is 0 Å². The molecule has 4 fully saturated rings. The Morgan fingerprint density at radius 2 is 1.64 bits per heavy atom. The number of carbonyl (C=O) groups is 3. The zero-order chi connectivity index (χ0) is 31.0. The van der Waals surface area contributed by atoms with Crippen LogP contribution in [0.2, 0.25) is 0 Å². The first-order chi connectivity index (χ1) is 19.5. The molecule has 3 unspecified atom stereocenters. The fourth-order valence-electron chi connectivity index (χ4n) is 11.5. The predicted octanol–water partition coefficient (Wildman–Crippen LogP) is 6.86. The van der Waals surface area contributed by atoms with E-state index in [1.807, 2.05) is 25.9 Å². The number of carbonyl (C=O) groups excluding carboxylic acids is 3. The average molecular weight is 584 g/mol. The van der Waals surface area contributed by atoms with Crippen molar-refractivity contribution in [3.8, 4) is 0 Å². The first-order valence-corrected chi connectivity index (χ1v) is 16.7. The highest BCUT2D eigenvalue weighted by Crippen LogP contribution is 2.75. The lowest BCUT2D eigenvalue weighted by Gasteiger charge is -2.70. The summed E-state index contributed by atoms with van der Waals surface area (Å²) in [5, 5.41) is 0. The molecule has 6 heteroatoms. The van der Waals surface area contributed by atoms with Crippen molar-refractivity contribution in [2.24, 2.45) is 56.7 Å². The van der Waals surface area contributed by atoms with E-state index >= 15 is 0 Å². The van der Waals surface area contributed by atoms with Gasteiger partial charge in [-0.15, -0.1) is 0 Å². The van der Waals surface area contributed by atoms with Crippen molar-refractivity contribution in [1.82, 2.24) is 4.90 Å². The Labute approximate surface area is 254 Å². The average Bonchev–Trinajstić information content (AvgIpc) is 2.89. The van der Waals surface area contributed by atoms with Crippen molar-refractivity contribution < 1.29 is 23.9 Å². The van der Waals surface area contributed by atoms with E-state index in [0.717, 1.165) is 25.7 Å². The lowest BCUT2D eigenvalue weighted by molar-refractivity contribution is -0.223. The summed E-state index contributed by atoms with van der Waals surface area (Å²) < 4.78 is 11.8. The maximum absolute atomic E-state index is 14.7. The third-order valence-electron chi connectivity index (χ3n) is 14.3. The summed E-state index contributed by atoms with van der Waals surface area (Å²) >= 11 is 0. The number of esters is 2. The highest BCUT2D eigenvalue weighted by molar-refractivity contribution is 5.96. The van der Waals surface area contributed by atoms with Gasteiger partial charge < -0.3 is 14.4 Å². The summed E-state index contributed by atoms with van der Waals surface area (Å²) in [6.07, 6.45) is 9.45. The number of nitrogens with zero attached hydrogens (tertiary/aromatic N) is 1. The summed E-state index contributed by atoms with van der Waals surface area (Å²) in [5.74, 6) is 0.990. The van der Waals surface area contributed by atoms with Gasteiger partial charge >= 0.3 is 11.9 Å². The molecule has 4 saturated carbocycles. The van der Waals surface area contributed by atoms with Crippen molar-refractivity contribution in [1.29, 1.82) is 0 Å².